The lowest BCUT2D eigenvalue weighted by Crippen LogP contribution is -2.15. The normalized spacial score (nSPS) is 12.3. The predicted molar refractivity (Wildman–Crippen MR) is 142 cm³/mol. The first-order chi connectivity index (χ1) is 16.4. The zero-order valence-corrected chi connectivity index (χ0v) is 22.0. The van der Waals surface area contributed by atoms with Gasteiger partial charge in [0.1, 0.15) is 11.4 Å². The molecule has 0 aliphatic rings. The number of halogens is 1. The van der Waals surface area contributed by atoms with E-state index in [9.17, 15) is 13.5 Å². The summed E-state index contributed by atoms with van der Waals surface area (Å²) in [6.45, 7) is 7.68. The van der Waals surface area contributed by atoms with Gasteiger partial charge in [-0.15, -0.1) is 0 Å². The van der Waals surface area contributed by atoms with Crippen molar-refractivity contribution in [1.29, 1.82) is 0 Å². The second kappa shape index (κ2) is 9.26. The molecule has 0 radical (unpaired) electrons. The molecule has 0 saturated carbocycles. The molecule has 5 nitrogen and oxygen atoms in total. The maximum absolute atomic E-state index is 12.0. The highest BCUT2D eigenvalue weighted by atomic mass is 35.5. The molecule has 0 bridgehead atoms. The summed E-state index contributed by atoms with van der Waals surface area (Å²) in [4.78, 5) is 5.08. The van der Waals surface area contributed by atoms with E-state index in [-0.39, 0.29) is 10.8 Å². The summed E-state index contributed by atoms with van der Waals surface area (Å²) >= 11 is 6.80. The molecule has 35 heavy (non-hydrogen) atoms. The van der Waals surface area contributed by atoms with E-state index in [4.69, 9.17) is 16.6 Å². The van der Waals surface area contributed by atoms with E-state index in [1.807, 2.05) is 53.2 Å². The fourth-order valence-corrected chi connectivity index (χ4v) is 4.98. The van der Waals surface area contributed by atoms with E-state index in [0.29, 0.717) is 22.2 Å². The molecule has 0 spiro atoms. The molecule has 1 N–H and O–H groups in total. The van der Waals surface area contributed by atoms with Crippen LogP contribution in [0.2, 0.25) is 5.02 Å². The molecule has 0 aliphatic heterocycles. The largest absolute Gasteiger partial charge is 0.384 e. The summed E-state index contributed by atoms with van der Waals surface area (Å²) in [6, 6.07) is 20.5. The Labute approximate surface area is 212 Å². The highest BCUT2D eigenvalue weighted by Gasteiger charge is 2.25. The highest BCUT2D eigenvalue weighted by molar-refractivity contribution is 7.90. The molecular weight excluding hydrogens is 480 g/mol. The van der Waals surface area contributed by atoms with Gasteiger partial charge < -0.3 is 5.11 Å². The third-order valence-electron chi connectivity index (χ3n) is 5.96. The van der Waals surface area contributed by atoms with Crippen molar-refractivity contribution < 1.29 is 13.5 Å². The SMILES string of the molecule is CC(C)c1ccccc1-c1nc(C(C)(C)O)cn1-c1ccc(-c2cccc(S(C)(=O)=O)c2)cc1Cl. The monoisotopic (exact) mass is 508 g/mol. The standard InChI is InChI=1S/C28H29ClN2O3S/c1-18(2)22-11-6-7-12-23(22)27-30-26(28(3,4)32)17-31(27)25-14-13-20(16-24(25)29)19-9-8-10-21(15-19)35(5,33)34/h6-18,32H,1-5H3. The van der Waals surface area contributed by atoms with Crippen molar-refractivity contribution in [3.8, 4) is 28.2 Å². The Morgan fingerprint density at radius 1 is 0.971 bits per heavy atom. The van der Waals surface area contributed by atoms with Gasteiger partial charge in [0.2, 0.25) is 0 Å². The topological polar surface area (TPSA) is 72.2 Å². The smallest absolute Gasteiger partial charge is 0.175 e. The van der Waals surface area contributed by atoms with Gasteiger partial charge in [-0.3, -0.25) is 4.57 Å². The van der Waals surface area contributed by atoms with Gasteiger partial charge in [-0.2, -0.15) is 0 Å². The lowest BCUT2D eigenvalue weighted by molar-refractivity contribution is 0.0743. The number of benzene rings is 3. The Balaban J connectivity index is 1.88. The molecule has 4 aromatic rings. The first-order valence-corrected chi connectivity index (χ1v) is 13.6. The van der Waals surface area contributed by atoms with Crippen LogP contribution in [-0.4, -0.2) is 29.3 Å². The summed E-state index contributed by atoms with van der Waals surface area (Å²) < 4.78 is 25.9. The number of rotatable bonds is 6. The number of nitrogens with zero attached hydrogens (tertiary/aromatic N) is 2. The van der Waals surface area contributed by atoms with E-state index >= 15 is 0 Å². The van der Waals surface area contributed by atoms with Gasteiger partial charge in [0.05, 0.1) is 21.3 Å². The molecule has 4 rings (SSSR count). The number of aromatic nitrogens is 2. The second-order valence-electron chi connectivity index (χ2n) is 9.59. The molecule has 7 heteroatoms. The first kappa shape index (κ1) is 25.2. The molecule has 1 heterocycles. The van der Waals surface area contributed by atoms with Crippen LogP contribution >= 0.6 is 11.6 Å². The van der Waals surface area contributed by atoms with Crippen molar-refractivity contribution in [2.45, 2.75) is 44.1 Å². The molecule has 0 amide bonds. The lowest BCUT2D eigenvalue weighted by Gasteiger charge is -2.15. The average Bonchev–Trinajstić information content (AvgIpc) is 3.24. The van der Waals surface area contributed by atoms with E-state index < -0.39 is 15.4 Å². The van der Waals surface area contributed by atoms with Crippen molar-refractivity contribution in [3.63, 3.8) is 0 Å². The van der Waals surface area contributed by atoms with Crippen molar-refractivity contribution in [2.75, 3.05) is 6.26 Å². The third kappa shape index (κ3) is 5.20. The quantitative estimate of drug-likeness (QED) is 0.318. The van der Waals surface area contributed by atoms with Crippen LogP contribution in [0.15, 0.2) is 77.8 Å². The minimum Gasteiger partial charge on any atom is -0.384 e. The van der Waals surface area contributed by atoms with Gasteiger partial charge in [-0.25, -0.2) is 13.4 Å². The predicted octanol–water partition coefficient (Wildman–Crippen LogP) is 6.61. The van der Waals surface area contributed by atoms with Crippen LogP contribution in [0.4, 0.5) is 0 Å². The summed E-state index contributed by atoms with van der Waals surface area (Å²) in [5.74, 6) is 0.974. The van der Waals surface area contributed by atoms with Gasteiger partial charge in [0, 0.05) is 18.0 Å². The minimum atomic E-state index is -3.32. The van der Waals surface area contributed by atoms with Crippen LogP contribution in [0, 0.1) is 0 Å². The molecule has 3 aromatic carbocycles. The second-order valence-corrected chi connectivity index (χ2v) is 12.0. The third-order valence-corrected chi connectivity index (χ3v) is 7.37. The van der Waals surface area contributed by atoms with Crippen LogP contribution in [0.3, 0.4) is 0 Å². The van der Waals surface area contributed by atoms with Crippen LogP contribution in [0.5, 0.6) is 0 Å². The molecule has 0 aliphatic carbocycles. The number of sulfone groups is 1. The molecule has 0 saturated heterocycles. The minimum absolute atomic E-state index is 0.257. The van der Waals surface area contributed by atoms with Gasteiger partial charge >= 0.3 is 0 Å². The fraction of sp³-hybridized carbons (Fsp3) is 0.250. The van der Waals surface area contributed by atoms with Crippen molar-refractivity contribution in [3.05, 3.63) is 89.2 Å². The molecule has 0 fully saturated rings. The summed E-state index contributed by atoms with van der Waals surface area (Å²) in [7, 11) is -3.32. The van der Waals surface area contributed by atoms with Crippen molar-refractivity contribution in [1.82, 2.24) is 9.55 Å². The van der Waals surface area contributed by atoms with Gasteiger partial charge in [-0.05, 0) is 60.7 Å². The number of hydrogen-bond acceptors (Lipinski definition) is 4. The Hall–Kier alpha value is -2.93. The zero-order chi connectivity index (χ0) is 25.5. The first-order valence-electron chi connectivity index (χ1n) is 11.4. The molecular formula is C28H29ClN2O3S. The molecule has 0 atom stereocenters. The molecule has 182 valence electrons. The van der Waals surface area contributed by atoms with E-state index in [0.717, 1.165) is 22.3 Å². The Kier molecular flexibility index (Phi) is 6.66. The van der Waals surface area contributed by atoms with Crippen LogP contribution in [-0.2, 0) is 15.4 Å². The van der Waals surface area contributed by atoms with E-state index in [1.165, 1.54) is 6.26 Å². The Bertz CT molecular complexity index is 1500. The van der Waals surface area contributed by atoms with Gasteiger partial charge in [0.25, 0.3) is 0 Å². The molecule has 0 unspecified atom stereocenters. The number of imidazole rings is 1. The van der Waals surface area contributed by atoms with E-state index in [2.05, 4.69) is 19.9 Å². The van der Waals surface area contributed by atoms with Crippen molar-refractivity contribution in [2.24, 2.45) is 0 Å². The summed E-state index contributed by atoms with van der Waals surface area (Å²) in [5.41, 5.74) is 3.79. The fourth-order valence-electron chi connectivity index (χ4n) is 4.04. The van der Waals surface area contributed by atoms with Gasteiger partial charge in [0.15, 0.2) is 9.84 Å². The highest BCUT2D eigenvalue weighted by Crippen LogP contribution is 2.36. The van der Waals surface area contributed by atoms with Crippen molar-refractivity contribution >= 4 is 21.4 Å². The van der Waals surface area contributed by atoms with Crippen LogP contribution in [0.25, 0.3) is 28.2 Å². The number of aliphatic hydroxyl groups is 1. The molecule has 1 aromatic heterocycles. The maximum Gasteiger partial charge on any atom is 0.175 e. The van der Waals surface area contributed by atoms with E-state index in [1.54, 1.807) is 32.0 Å². The Morgan fingerprint density at radius 2 is 1.66 bits per heavy atom. The summed E-state index contributed by atoms with van der Waals surface area (Å²) in [6.07, 6.45) is 3.01. The Morgan fingerprint density at radius 3 is 2.29 bits per heavy atom. The summed E-state index contributed by atoms with van der Waals surface area (Å²) in [5, 5.41) is 11.2. The van der Waals surface area contributed by atoms with Crippen LogP contribution in [0.1, 0.15) is 44.9 Å². The number of hydrogen-bond donors (Lipinski definition) is 1. The van der Waals surface area contributed by atoms with Crippen LogP contribution < -0.4 is 0 Å². The lowest BCUT2D eigenvalue weighted by atomic mass is 9.96. The maximum atomic E-state index is 12.0. The average molecular weight is 509 g/mol. The zero-order valence-electron chi connectivity index (χ0n) is 20.4. The van der Waals surface area contributed by atoms with Gasteiger partial charge in [-0.1, -0.05) is 67.9 Å².